The van der Waals surface area contributed by atoms with Crippen molar-refractivity contribution in [3.63, 3.8) is 0 Å². The smallest absolute Gasteiger partial charge is 0.233 e. The van der Waals surface area contributed by atoms with Gasteiger partial charge in [-0.2, -0.15) is 0 Å². The van der Waals surface area contributed by atoms with Crippen LogP contribution in [0.4, 0.5) is 0 Å². The lowest BCUT2D eigenvalue weighted by atomic mass is 10.2. The number of furan rings is 1. The lowest BCUT2D eigenvalue weighted by Crippen LogP contribution is -2.41. The predicted octanol–water partition coefficient (Wildman–Crippen LogP) is 2.85. The fraction of sp³-hybridized carbons (Fsp3) is 0.350. The number of thioether (sulfide) groups is 1. The third kappa shape index (κ3) is 4.13. The molecule has 0 saturated carbocycles. The van der Waals surface area contributed by atoms with Crippen molar-refractivity contribution in [3.05, 3.63) is 54.0 Å². The molecule has 1 amide bonds. The van der Waals surface area contributed by atoms with Crippen molar-refractivity contribution >= 4 is 17.7 Å². The molecule has 0 spiro atoms. The van der Waals surface area contributed by atoms with Gasteiger partial charge in [-0.3, -0.25) is 9.36 Å². The first kappa shape index (κ1) is 18.8. The van der Waals surface area contributed by atoms with Crippen molar-refractivity contribution in [3.8, 4) is 11.4 Å². The molecule has 1 saturated heterocycles. The molecule has 3 heterocycles. The zero-order chi connectivity index (χ0) is 19.3. The third-order valence-electron chi connectivity index (χ3n) is 4.69. The van der Waals surface area contributed by atoms with E-state index < -0.39 is 0 Å². The average Bonchev–Trinajstić information content (AvgIpc) is 3.33. The number of benzene rings is 1. The summed E-state index contributed by atoms with van der Waals surface area (Å²) in [4.78, 5) is 14.4. The zero-order valence-corrected chi connectivity index (χ0v) is 16.5. The number of aryl methyl sites for hydroxylation is 1. The first-order chi connectivity index (χ1) is 13.7. The quantitative estimate of drug-likeness (QED) is 0.595. The van der Waals surface area contributed by atoms with Crippen LogP contribution in [0, 0.1) is 6.92 Å². The maximum atomic E-state index is 12.5. The Kier molecular flexibility index (Phi) is 5.78. The summed E-state index contributed by atoms with van der Waals surface area (Å²) in [5.41, 5.74) is 2.06. The van der Waals surface area contributed by atoms with Crippen molar-refractivity contribution in [2.75, 3.05) is 32.1 Å². The van der Waals surface area contributed by atoms with Gasteiger partial charge in [-0.25, -0.2) is 0 Å². The average molecular weight is 398 g/mol. The summed E-state index contributed by atoms with van der Waals surface area (Å²) in [6.07, 6.45) is 1.65. The molecule has 3 aromatic rings. The van der Waals surface area contributed by atoms with Crippen molar-refractivity contribution < 1.29 is 13.9 Å². The molecule has 28 heavy (non-hydrogen) atoms. The number of ether oxygens (including phenoxy) is 1. The summed E-state index contributed by atoms with van der Waals surface area (Å²) in [5, 5.41) is 9.48. The van der Waals surface area contributed by atoms with Crippen LogP contribution in [-0.2, 0) is 16.1 Å². The molecule has 0 N–H and O–H groups in total. The fourth-order valence-electron chi connectivity index (χ4n) is 3.15. The Bertz CT molecular complexity index is 932. The number of hydrogen-bond donors (Lipinski definition) is 0. The number of carbonyl (C=O) groups excluding carboxylic acids is 1. The lowest BCUT2D eigenvalue weighted by Gasteiger charge is -2.26. The van der Waals surface area contributed by atoms with Gasteiger partial charge in [0.25, 0.3) is 0 Å². The number of amides is 1. The standard InChI is InChI=1S/C20H22N4O3S/c1-15-17(7-10-27-15)19-21-22-20(24(19)13-16-5-3-2-4-6-16)28-14-18(25)23-8-11-26-12-9-23/h2-7,10H,8-9,11-14H2,1H3. The van der Waals surface area contributed by atoms with Crippen molar-refractivity contribution in [2.45, 2.75) is 18.6 Å². The van der Waals surface area contributed by atoms with Gasteiger partial charge >= 0.3 is 0 Å². The van der Waals surface area contributed by atoms with Crippen LogP contribution in [-0.4, -0.2) is 57.6 Å². The lowest BCUT2D eigenvalue weighted by molar-refractivity contribution is -0.132. The molecule has 2 aromatic heterocycles. The van der Waals surface area contributed by atoms with Gasteiger partial charge in [0.1, 0.15) is 5.76 Å². The molecule has 1 aromatic carbocycles. The summed E-state index contributed by atoms with van der Waals surface area (Å²) in [6, 6.07) is 12.1. The second kappa shape index (κ2) is 8.62. The molecule has 1 fully saturated rings. The number of rotatable bonds is 6. The van der Waals surface area contributed by atoms with Gasteiger partial charge < -0.3 is 14.1 Å². The Balaban J connectivity index is 1.57. The van der Waals surface area contributed by atoms with E-state index in [1.807, 2.05) is 40.7 Å². The van der Waals surface area contributed by atoms with Gasteiger partial charge in [-0.05, 0) is 18.6 Å². The van der Waals surface area contributed by atoms with E-state index in [0.29, 0.717) is 38.6 Å². The molecule has 8 heteroatoms. The fourth-order valence-corrected chi connectivity index (χ4v) is 3.99. The maximum absolute atomic E-state index is 12.5. The van der Waals surface area contributed by atoms with Crippen LogP contribution < -0.4 is 0 Å². The molecule has 1 aliphatic heterocycles. The molecule has 0 radical (unpaired) electrons. The van der Waals surface area contributed by atoms with Gasteiger partial charge in [-0.1, -0.05) is 42.1 Å². The second-order valence-electron chi connectivity index (χ2n) is 6.55. The Morgan fingerprint density at radius 1 is 1.14 bits per heavy atom. The summed E-state index contributed by atoms with van der Waals surface area (Å²) in [6.45, 7) is 5.04. The van der Waals surface area contributed by atoms with E-state index in [0.717, 1.165) is 27.9 Å². The van der Waals surface area contributed by atoms with E-state index in [-0.39, 0.29) is 5.91 Å². The molecule has 0 aliphatic carbocycles. The number of morpholine rings is 1. The molecular weight excluding hydrogens is 376 g/mol. The molecule has 1 aliphatic rings. The normalized spacial score (nSPS) is 14.4. The maximum Gasteiger partial charge on any atom is 0.233 e. The van der Waals surface area contributed by atoms with Crippen LogP contribution in [0.1, 0.15) is 11.3 Å². The van der Waals surface area contributed by atoms with E-state index in [4.69, 9.17) is 9.15 Å². The summed E-state index contributed by atoms with van der Waals surface area (Å²) in [5.74, 6) is 1.97. The summed E-state index contributed by atoms with van der Waals surface area (Å²) < 4.78 is 12.8. The highest BCUT2D eigenvalue weighted by molar-refractivity contribution is 7.99. The SMILES string of the molecule is Cc1occc1-c1nnc(SCC(=O)N2CCOCC2)n1Cc1ccccc1. The number of nitrogens with zero attached hydrogens (tertiary/aromatic N) is 4. The summed E-state index contributed by atoms with van der Waals surface area (Å²) in [7, 11) is 0. The number of carbonyl (C=O) groups is 1. The predicted molar refractivity (Wildman–Crippen MR) is 106 cm³/mol. The minimum Gasteiger partial charge on any atom is -0.469 e. The van der Waals surface area contributed by atoms with E-state index in [1.165, 1.54) is 11.8 Å². The first-order valence-electron chi connectivity index (χ1n) is 9.22. The number of aromatic nitrogens is 3. The van der Waals surface area contributed by atoms with Crippen LogP contribution in [0.15, 0.2) is 52.2 Å². The summed E-state index contributed by atoms with van der Waals surface area (Å²) >= 11 is 1.42. The minimum absolute atomic E-state index is 0.101. The first-order valence-corrected chi connectivity index (χ1v) is 10.2. The zero-order valence-electron chi connectivity index (χ0n) is 15.7. The van der Waals surface area contributed by atoms with Crippen LogP contribution in [0.25, 0.3) is 11.4 Å². The third-order valence-corrected chi connectivity index (χ3v) is 5.64. The highest BCUT2D eigenvalue weighted by Gasteiger charge is 2.21. The van der Waals surface area contributed by atoms with Gasteiger partial charge in [0.15, 0.2) is 11.0 Å². The monoisotopic (exact) mass is 398 g/mol. The van der Waals surface area contributed by atoms with Gasteiger partial charge in [0, 0.05) is 13.1 Å². The number of hydrogen-bond acceptors (Lipinski definition) is 6. The molecule has 0 bridgehead atoms. The van der Waals surface area contributed by atoms with Crippen LogP contribution in [0.2, 0.25) is 0 Å². The van der Waals surface area contributed by atoms with Gasteiger partial charge in [0.05, 0.1) is 37.3 Å². The van der Waals surface area contributed by atoms with Crippen LogP contribution in [0.3, 0.4) is 0 Å². The Morgan fingerprint density at radius 3 is 2.64 bits per heavy atom. The van der Waals surface area contributed by atoms with Crippen molar-refractivity contribution in [1.29, 1.82) is 0 Å². The molecule has 4 rings (SSSR count). The van der Waals surface area contributed by atoms with Crippen LogP contribution in [0.5, 0.6) is 0 Å². The topological polar surface area (TPSA) is 73.4 Å². The van der Waals surface area contributed by atoms with E-state index in [9.17, 15) is 4.79 Å². The van der Waals surface area contributed by atoms with Crippen molar-refractivity contribution in [1.82, 2.24) is 19.7 Å². The highest BCUT2D eigenvalue weighted by Crippen LogP contribution is 2.28. The van der Waals surface area contributed by atoms with Crippen molar-refractivity contribution in [2.24, 2.45) is 0 Å². The molecule has 0 unspecified atom stereocenters. The van der Waals surface area contributed by atoms with Crippen LogP contribution >= 0.6 is 11.8 Å². The molecular formula is C20H22N4O3S. The molecule has 7 nitrogen and oxygen atoms in total. The van der Waals surface area contributed by atoms with Gasteiger partial charge in [0.2, 0.25) is 5.91 Å². The Labute approximate surface area is 167 Å². The Hall–Kier alpha value is -2.58. The van der Waals surface area contributed by atoms with E-state index in [1.54, 1.807) is 6.26 Å². The molecule has 146 valence electrons. The van der Waals surface area contributed by atoms with Gasteiger partial charge in [-0.15, -0.1) is 10.2 Å². The van der Waals surface area contributed by atoms with E-state index in [2.05, 4.69) is 22.3 Å². The highest BCUT2D eigenvalue weighted by atomic mass is 32.2. The second-order valence-corrected chi connectivity index (χ2v) is 7.49. The van der Waals surface area contributed by atoms with E-state index >= 15 is 0 Å². The minimum atomic E-state index is 0.101. The largest absolute Gasteiger partial charge is 0.469 e. The molecule has 0 atom stereocenters. The Morgan fingerprint density at radius 2 is 1.93 bits per heavy atom.